The van der Waals surface area contributed by atoms with Crippen LogP contribution in [-0.2, 0) is 11.2 Å². The molecule has 1 fully saturated rings. The van der Waals surface area contributed by atoms with Gasteiger partial charge in [0.25, 0.3) is 0 Å². The van der Waals surface area contributed by atoms with Crippen LogP contribution in [0.3, 0.4) is 0 Å². The van der Waals surface area contributed by atoms with E-state index in [1.54, 1.807) is 0 Å². The Morgan fingerprint density at radius 1 is 1.64 bits per heavy atom. The standard InChI is InChI=1S/C11H14O3/c1-7-6-9(7)10-4-2-8(14-10)3-5-11(12)13/h2,4,7,9H,3,5-6H2,1H3,(H,12,13)/t7-,9+/m1/s1. The predicted octanol–water partition coefficient (Wildman–Crippen LogP) is 2.42. The van der Waals surface area contributed by atoms with Crippen LogP contribution in [0.2, 0.25) is 0 Å². The molecule has 3 nitrogen and oxygen atoms in total. The molecular formula is C11H14O3. The molecule has 0 radical (unpaired) electrons. The van der Waals surface area contributed by atoms with Crippen LogP contribution in [0, 0.1) is 5.92 Å². The zero-order valence-corrected chi connectivity index (χ0v) is 8.19. The summed E-state index contributed by atoms with van der Waals surface area (Å²) in [4.78, 5) is 10.3. The quantitative estimate of drug-likeness (QED) is 0.800. The smallest absolute Gasteiger partial charge is 0.303 e. The summed E-state index contributed by atoms with van der Waals surface area (Å²) in [5, 5.41) is 8.50. The Labute approximate surface area is 82.7 Å². The number of aliphatic carboxylic acids is 1. The zero-order valence-electron chi connectivity index (χ0n) is 8.19. The fraction of sp³-hybridized carbons (Fsp3) is 0.545. The maximum Gasteiger partial charge on any atom is 0.303 e. The fourth-order valence-electron chi connectivity index (χ4n) is 1.68. The Morgan fingerprint density at radius 3 is 2.93 bits per heavy atom. The van der Waals surface area contributed by atoms with Gasteiger partial charge >= 0.3 is 5.97 Å². The summed E-state index contributed by atoms with van der Waals surface area (Å²) < 4.78 is 5.57. The van der Waals surface area contributed by atoms with Crippen molar-refractivity contribution in [2.75, 3.05) is 0 Å². The molecule has 76 valence electrons. The maximum absolute atomic E-state index is 10.3. The third kappa shape index (κ3) is 1.97. The van der Waals surface area contributed by atoms with E-state index in [1.807, 2.05) is 12.1 Å². The number of carboxylic acid groups (broad SMARTS) is 1. The molecule has 0 saturated heterocycles. The monoisotopic (exact) mass is 194 g/mol. The van der Waals surface area contributed by atoms with Crippen molar-refractivity contribution in [2.24, 2.45) is 5.92 Å². The molecule has 14 heavy (non-hydrogen) atoms. The van der Waals surface area contributed by atoms with Crippen LogP contribution in [0.15, 0.2) is 16.5 Å². The van der Waals surface area contributed by atoms with Gasteiger partial charge in [-0.15, -0.1) is 0 Å². The van der Waals surface area contributed by atoms with Gasteiger partial charge in [0.1, 0.15) is 11.5 Å². The number of aryl methyl sites for hydroxylation is 1. The highest BCUT2D eigenvalue weighted by Crippen LogP contribution is 2.47. The lowest BCUT2D eigenvalue weighted by atomic mass is 10.2. The molecular weight excluding hydrogens is 180 g/mol. The summed E-state index contributed by atoms with van der Waals surface area (Å²) in [6, 6.07) is 3.87. The van der Waals surface area contributed by atoms with Crippen LogP contribution >= 0.6 is 0 Å². The summed E-state index contributed by atoms with van der Waals surface area (Å²) in [6.45, 7) is 2.20. The molecule has 0 unspecified atom stereocenters. The SMILES string of the molecule is C[C@@H]1C[C@@H]1c1ccc(CCC(=O)O)o1. The van der Waals surface area contributed by atoms with Crippen LogP contribution in [-0.4, -0.2) is 11.1 Å². The number of hydrogen-bond acceptors (Lipinski definition) is 2. The van der Waals surface area contributed by atoms with Crippen molar-refractivity contribution < 1.29 is 14.3 Å². The minimum absolute atomic E-state index is 0.146. The van der Waals surface area contributed by atoms with Gasteiger partial charge in [0.2, 0.25) is 0 Å². The summed E-state index contributed by atoms with van der Waals surface area (Å²) in [5.41, 5.74) is 0. The van der Waals surface area contributed by atoms with E-state index in [0.29, 0.717) is 12.3 Å². The lowest BCUT2D eigenvalue weighted by Gasteiger charge is -1.93. The van der Waals surface area contributed by atoms with Gasteiger partial charge in [-0.25, -0.2) is 0 Å². The molecule has 0 bridgehead atoms. The van der Waals surface area contributed by atoms with Gasteiger partial charge in [-0.05, 0) is 24.5 Å². The predicted molar refractivity (Wildman–Crippen MR) is 51.2 cm³/mol. The molecule has 1 heterocycles. The van der Waals surface area contributed by atoms with Crippen LogP contribution < -0.4 is 0 Å². The molecule has 1 saturated carbocycles. The first-order valence-corrected chi connectivity index (χ1v) is 4.97. The molecule has 0 aromatic carbocycles. The number of carboxylic acids is 1. The van der Waals surface area contributed by atoms with Crippen LogP contribution in [0.1, 0.15) is 37.2 Å². The highest BCUT2D eigenvalue weighted by atomic mass is 16.4. The summed E-state index contributed by atoms with van der Waals surface area (Å²) in [6.07, 6.45) is 1.84. The Hall–Kier alpha value is -1.25. The first-order valence-electron chi connectivity index (χ1n) is 4.97. The van der Waals surface area contributed by atoms with Gasteiger partial charge < -0.3 is 9.52 Å². The van der Waals surface area contributed by atoms with Gasteiger partial charge in [0.15, 0.2) is 0 Å². The Morgan fingerprint density at radius 2 is 2.36 bits per heavy atom. The molecule has 1 aromatic rings. The third-order valence-corrected chi connectivity index (χ3v) is 2.74. The van der Waals surface area contributed by atoms with Crippen molar-refractivity contribution in [3.8, 4) is 0 Å². The van der Waals surface area contributed by atoms with Crippen molar-refractivity contribution in [1.82, 2.24) is 0 Å². The van der Waals surface area contributed by atoms with E-state index in [0.717, 1.165) is 17.4 Å². The van der Waals surface area contributed by atoms with E-state index in [1.165, 1.54) is 6.42 Å². The summed E-state index contributed by atoms with van der Waals surface area (Å²) in [7, 11) is 0. The van der Waals surface area contributed by atoms with Crippen LogP contribution in [0.4, 0.5) is 0 Å². The first-order chi connectivity index (χ1) is 6.66. The van der Waals surface area contributed by atoms with Crippen LogP contribution in [0.25, 0.3) is 0 Å². The number of rotatable bonds is 4. The molecule has 2 rings (SSSR count). The second-order valence-corrected chi connectivity index (χ2v) is 4.02. The molecule has 0 spiro atoms. The molecule has 3 heteroatoms. The minimum Gasteiger partial charge on any atom is -0.481 e. The van der Waals surface area contributed by atoms with E-state index < -0.39 is 5.97 Å². The first kappa shape index (κ1) is 9.31. The van der Waals surface area contributed by atoms with Crippen molar-refractivity contribution in [3.63, 3.8) is 0 Å². The Bertz CT molecular complexity index is 340. The van der Waals surface area contributed by atoms with Crippen molar-refractivity contribution in [3.05, 3.63) is 23.7 Å². The minimum atomic E-state index is -0.775. The van der Waals surface area contributed by atoms with Gasteiger partial charge in [-0.2, -0.15) is 0 Å². The van der Waals surface area contributed by atoms with E-state index in [2.05, 4.69) is 6.92 Å². The number of carbonyl (C=O) groups is 1. The van der Waals surface area contributed by atoms with Crippen molar-refractivity contribution in [1.29, 1.82) is 0 Å². The van der Waals surface area contributed by atoms with Crippen molar-refractivity contribution in [2.45, 2.75) is 32.1 Å². The van der Waals surface area contributed by atoms with E-state index >= 15 is 0 Å². The fourth-order valence-corrected chi connectivity index (χ4v) is 1.68. The molecule has 1 aliphatic rings. The molecule has 0 aliphatic heterocycles. The Balaban J connectivity index is 1.93. The molecule has 2 atom stereocenters. The van der Waals surface area contributed by atoms with Crippen LogP contribution in [0.5, 0.6) is 0 Å². The lowest BCUT2D eigenvalue weighted by molar-refractivity contribution is -0.137. The van der Waals surface area contributed by atoms with E-state index in [-0.39, 0.29) is 6.42 Å². The lowest BCUT2D eigenvalue weighted by Crippen LogP contribution is -1.96. The topological polar surface area (TPSA) is 50.4 Å². The third-order valence-electron chi connectivity index (χ3n) is 2.74. The summed E-state index contributed by atoms with van der Waals surface area (Å²) in [5.74, 6) is 2.35. The zero-order chi connectivity index (χ0) is 10.1. The van der Waals surface area contributed by atoms with Gasteiger partial charge in [0, 0.05) is 12.3 Å². The molecule has 1 N–H and O–H groups in total. The molecule has 1 aliphatic carbocycles. The van der Waals surface area contributed by atoms with E-state index in [9.17, 15) is 4.79 Å². The average molecular weight is 194 g/mol. The van der Waals surface area contributed by atoms with Gasteiger partial charge in [-0.1, -0.05) is 6.92 Å². The normalized spacial score (nSPS) is 24.9. The average Bonchev–Trinajstić information content (AvgIpc) is 2.68. The second kappa shape index (κ2) is 3.48. The molecule has 1 aromatic heterocycles. The highest BCUT2D eigenvalue weighted by molar-refractivity contribution is 5.66. The second-order valence-electron chi connectivity index (χ2n) is 4.02. The van der Waals surface area contributed by atoms with Gasteiger partial charge in [0.05, 0.1) is 6.42 Å². The summed E-state index contributed by atoms with van der Waals surface area (Å²) >= 11 is 0. The van der Waals surface area contributed by atoms with Crippen molar-refractivity contribution >= 4 is 5.97 Å². The van der Waals surface area contributed by atoms with E-state index in [4.69, 9.17) is 9.52 Å². The Kier molecular flexibility index (Phi) is 2.32. The number of furan rings is 1. The molecule has 0 amide bonds. The largest absolute Gasteiger partial charge is 0.481 e. The van der Waals surface area contributed by atoms with Gasteiger partial charge in [-0.3, -0.25) is 4.79 Å². The maximum atomic E-state index is 10.3. The number of hydrogen-bond donors (Lipinski definition) is 1. The highest BCUT2D eigenvalue weighted by Gasteiger charge is 2.36.